The molecule has 8 heteroatoms. The Labute approximate surface area is 160 Å². The second kappa shape index (κ2) is 7.32. The zero-order chi connectivity index (χ0) is 18.8. The van der Waals surface area contributed by atoms with Crippen LogP contribution >= 0.6 is 11.8 Å². The molecule has 0 fully saturated rings. The van der Waals surface area contributed by atoms with Crippen molar-refractivity contribution in [3.05, 3.63) is 54.0 Å². The Morgan fingerprint density at radius 2 is 1.96 bits per heavy atom. The van der Waals surface area contributed by atoms with Gasteiger partial charge in [0.15, 0.2) is 5.82 Å². The molecule has 0 radical (unpaired) electrons. The number of nitrogens with one attached hydrogen (secondary N) is 1. The molecule has 27 heavy (non-hydrogen) atoms. The fraction of sp³-hybridized carbons (Fsp3) is 0.211. The van der Waals surface area contributed by atoms with Crippen molar-refractivity contribution in [2.45, 2.75) is 17.8 Å². The second-order valence-corrected chi connectivity index (χ2v) is 6.97. The number of benzene rings is 1. The lowest BCUT2D eigenvalue weighted by atomic mass is 10.2. The van der Waals surface area contributed by atoms with E-state index in [0.717, 1.165) is 22.7 Å². The van der Waals surface area contributed by atoms with Crippen LogP contribution in [0.1, 0.15) is 11.3 Å². The SMILES string of the molecule is COc1ccc(-c2nc(SCc3cn4cc(C)ccc4n3)n[nH]2)c(OC)c1. The van der Waals surface area contributed by atoms with Gasteiger partial charge in [-0.3, -0.25) is 5.10 Å². The van der Waals surface area contributed by atoms with Gasteiger partial charge < -0.3 is 13.9 Å². The molecule has 0 saturated heterocycles. The maximum Gasteiger partial charge on any atom is 0.209 e. The first-order chi connectivity index (χ1) is 13.2. The molecule has 7 nitrogen and oxygen atoms in total. The number of imidazole rings is 1. The third-order valence-electron chi connectivity index (χ3n) is 4.13. The fourth-order valence-electron chi connectivity index (χ4n) is 2.79. The van der Waals surface area contributed by atoms with E-state index in [9.17, 15) is 0 Å². The Morgan fingerprint density at radius 1 is 1.07 bits per heavy atom. The Kier molecular flexibility index (Phi) is 4.72. The van der Waals surface area contributed by atoms with Crippen molar-refractivity contribution in [2.24, 2.45) is 0 Å². The molecular weight excluding hydrogens is 362 g/mol. The van der Waals surface area contributed by atoms with Crippen LogP contribution in [0.5, 0.6) is 11.5 Å². The lowest BCUT2D eigenvalue weighted by Gasteiger charge is -2.07. The van der Waals surface area contributed by atoms with Crippen LogP contribution in [-0.2, 0) is 5.75 Å². The number of nitrogens with zero attached hydrogens (tertiary/aromatic N) is 4. The van der Waals surface area contributed by atoms with Gasteiger partial charge in [-0.05, 0) is 30.7 Å². The van der Waals surface area contributed by atoms with Gasteiger partial charge in [-0.1, -0.05) is 17.8 Å². The minimum Gasteiger partial charge on any atom is -0.497 e. The largest absolute Gasteiger partial charge is 0.497 e. The van der Waals surface area contributed by atoms with E-state index in [0.29, 0.717) is 22.5 Å². The van der Waals surface area contributed by atoms with Gasteiger partial charge >= 0.3 is 0 Å². The quantitative estimate of drug-likeness (QED) is 0.513. The number of hydrogen-bond acceptors (Lipinski definition) is 6. The molecule has 3 aromatic heterocycles. The van der Waals surface area contributed by atoms with Crippen molar-refractivity contribution in [2.75, 3.05) is 14.2 Å². The van der Waals surface area contributed by atoms with Crippen molar-refractivity contribution in [3.8, 4) is 22.9 Å². The molecule has 4 rings (SSSR count). The molecule has 3 heterocycles. The predicted molar refractivity (Wildman–Crippen MR) is 104 cm³/mol. The van der Waals surface area contributed by atoms with Crippen molar-refractivity contribution in [3.63, 3.8) is 0 Å². The summed E-state index contributed by atoms with van der Waals surface area (Å²) in [5, 5.41) is 7.94. The van der Waals surface area contributed by atoms with E-state index in [-0.39, 0.29) is 0 Å². The summed E-state index contributed by atoms with van der Waals surface area (Å²) in [4.78, 5) is 9.19. The predicted octanol–water partition coefficient (Wildman–Crippen LogP) is 3.74. The highest BCUT2D eigenvalue weighted by molar-refractivity contribution is 7.98. The number of hydrogen-bond donors (Lipinski definition) is 1. The Hall–Kier alpha value is -3.00. The van der Waals surface area contributed by atoms with E-state index in [1.54, 1.807) is 14.2 Å². The molecule has 0 aliphatic carbocycles. The third-order valence-corrected chi connectivity index (χ3v) is 5.01. The normalized spacial score (nSPS) is 11.1. The number of ether oxygens (including phenoxy) is 2. The number of rotatable bonds is 6. The molecule has 0 aliphatic heterocycles. The molecular formula is C19H19N5O2S. The third kappa shape index (κ3) is 3.61. The van der Waals surface area contributed by atoms with Crippen LogP contribution < -0.4 is 9.47 Å². The number of fused-ring (bicyclic) bond motifs is 1. The summed E-state index contributed by atoms with van der Waals surface area (Å²) in [5.41, 5.74) is 3.96. The van der Waals surface area contributed by atoms with Crippen LogP contribution in [0.25, 0.3) is 17.0 Å². The Bertz CT molecular complexity index is 1090. The molecule has 0 amide bonds. The molecule has 0 saturated carbocycles. The summed E-state index contributed by atoms with van der Waals surface area (Å²) in [5.74, 6) is 2.75. The minimum atomic E-state index is 0.655. The van der Waals surface area contributed by atoms with Crippen LogP contribution in [0, 0.1) is 6.92 Å². The fourth-order valence-corrected chi connectivity index (χ4v) is 3.47. The molecule has 1 aromatic carbocycles. The van der Waals surface area contributed by atoms with Gasteiger partial charge in [0.2, 0.25) is 5.16 Å². The topological polar surface area (TPSA) is 77.3 Å². The number of pyridine rings is 1. The van der Waals surface area contributed by atoms with Gasteiger partial charge in [0.05, 0.1) is 25.5 Å². The highest BCUT2D eigenvalue weighted by Crippen LogP contribution is 2.32. The van der Waals surface area contributed by atoms with Gasteiger partial charge in [0.1, 0.15) is 17.1 Å². The molecule has 0 aliphatic rings. The monoisotopic (exact) mass is 381 g/mol. The Morgan fingerprint density at radius 3 is 2.78 bits per heavy atom. The van der Waals surface area contributed by atoms with E-state index < -0.39 is 0 Å². The van der Waals surface area contributed by atoms with Crippen LogP contribution in [0.3, 0.4) is 0 Å². The number of aryl methyl sites for hydroxylation is 1. The summed E-state index contributed by atoms with van der Waals surface area (Å²) >= 11 is 1.53. The second-order valence-electron chi connectivity index (χ2n) is 6.03. The van der Waals surface area contributed by atoms with Gasteiger partial charge in [-0.15, -0.1) is 5.10 Å². The van der Waals surface area contributed by atoms with E-state index in [2.05, 4.69) is 39.4 Å². The average molecular weight is 381 g/mol. The number of H-pyrrole nitrogens is 1. The molecule has 138 valence electrons. The lowest BCUT2D eigenvalue weighted by Crippen LogP contribution is -1.91. The molecule has 0 spiro atoms. The molecule has 0 atom stereocenters. The van der Waals surface area contributed by atoms with Crippen molar-refractivity contribution < 1.29 is 9.47 Å². The molecule has 1 N–H and O–H groups in total. The highest BCUT2D eigenvalue weighted by Gasteiger charge is 2.13. The van der Waals surface area contributed by atoms with Crippen LogP contribution in [0.4, 0.5) is 0 Å². The van der Waals surface area contributed by atoms with Gasteiger partial charge in [0.25, 0.3) is 0 Å². The first-order valence-corrected chi connectivity index (χ1v) is 9.36. The maximum absolute atomic E-state index is 5.44. The van der Waals surface area contributed by atoms with Crippen LogP contribution in [0.15, 0.2) is 47.9 Å². The number of thioether (sulfide) groups is 1. The van der Waals surface area contributed by atoms with Gasteiger partial charge in [0, 0.05) is 24.2 Å². The van der Waals surface area contributed by atoms with E-state index >= 15 is 0 Å². The highest BCUT2D eigenvalue weighted by atomic mass is 32.2. The Balaban J connectivity index is 1.51. The molecule has 0 unspecified atom stereocenters. The van der Waals surface area contributed by atoms with E-state index in [1.165, 1.54) is 17.3 Å². The average Bonchev–Trinajstić information content (AvgIpc) is 3.32. The van der Waals surface area contributed by atoms with E-state index in [1.807, 2.05) is 34.9 Å². The van der Waals surface area contributed by atoms with Crippen molar-refractivity contribution >= 4 is 17.4 Å². The maximum atomic E-state index is 5.44. The minimum absolute atomic E-state index is 0.655. The van der Waals surface area contributed by atoms with Crippen molar-refractivity contribution in [1.82, 2.24) is 24.6 Å². The first-order valence-electron chi connectivity index (χ1n) is 8.38. The van der Waals surface area contributed by atoms with Gasteiger partial charge in [-0.25, -0.2) is 9.97 Å². The van der Waals surface area contributed by atoms with Crippen LogP contribution in [-0.4, -0.2) is 38.8 Å². The lowest BCUT2D eigenvalue weighted by molar-refractivity contribution is 0.395. The zero-order valence-corrected chi connectivity index (χ0v) is 16.1. The van der Waals surface area contributed by atoms with E-state index in [4.69, 9.17) is 9.47 Å². The standard InChI is InChI=1S/C19H19N5O2S/c1-12-4-7-17-20-13(10-24(17)9-12)11-27-19-21-18(22-23-19)15-6-5-14(25-2)8-16(15)26-3/h4-10H,11H2,1-3H3,(H,21,22,23). The number of methoxy groups -OCH3 is 2. The first kappa shape index (κ1) is 17.4. The smallest absolute Gasteiger partial charge is 0.209 e. The number of aromatic nitrogens is 5. The van der Waals surface area contributed by atoms with Gasteiger partial charge in [-0.2, -0.15) is 0 Å². The summed E-state index contributed by atoms with van der Waals surface area (Å²) < 4.78 is 12.7. The van der Waals surface area contributed by atoms with Crippen LogP contribution in [0.2, 0.25) is 0 Å². The number of aromatic amines is 1. The zero-order valence-electron chi connectivity index (χ0n) is 15.3. The summed E-state index contributed by atoms with van der Waals surface area (Å²) in [6.45, 7) is 2.07. The molecule has 4 aromatic rings. The molecule has 0 bridgehead atoms. The summed E-state index contributed by atoms with van der Waals surface area (Å²) in [6, 6.07) is 9.67. The summed E-state index contributed by atoms with van der Waals surface area (Å²) in [7, 11) is 3.24. The summed E-state index contributed by atoms with van der Waals surface area (Å²) in [6.07, 6.45) is 4.10. The van der Waals surface area contributed by atoms with Crippen molar-refractivity contribution in [1.29, 1.82) is 0 Å².